The van der Waals surface area contributed by atoms with Crippen LogP contribution in [0.1, 0.15) is 24.5 Å². The summed E-state index contributed by atoms with van der Waals surface area (Å²) in [5, 5.41) is 2.96. The van der Waals surface area contributed by atoms with Gasteiger partial charge in [-0.2, -0.15) is 0 Å². The van der Waals surface area contributed by atoms with E-state index in [2.05, 4.69) is 5.32 Å². The molecule has 0 unspecified atom stereocenters. The summed E-state index contributed by atoms with van der Waals surface area (Å²) >= 11 is 0. The molecule has 7 heteroatoms. The molecule has 1 amide bonds. The van der Waals surface area contributed by atoms with Gasteiger partial charge in [-0.05, 0) is 73.6 Å². The summed E-state index contributed by atoms with van der Waals surface area (Å²) in [6.07, 6.45) is 0.578. The van der Waals surface area contributed by atoms with Crippen LogP contribution in [-0.2, 0) is 9.53 Å². The van der Waals surface area contributed by atoms with E-state index in [0.717, 1.165) is 23.4 Å². The maximum Gasteiger partial charge on any atom is 0.256 e. The zero-order valence-corrected chi connectivity index (χ0v) is 21.2. The Morgan fingerprint density at radius 3 is 2.28 bits per heavy atom. The summed E-state index contributed by atoms with van der Waals surface area (Å²) in [6.45, 7) is 3.27. The fourth-order valence-electron chi connectivity index (χ4n) is 3.68. The van der Waals surface area contributed by atoms with Crippen molar-refractivity contribution in [2.45, 2.75) is 13.3 Å². The van der Waals surface area contributed by atoms with Gasteiger partial charge < -0.3 is 24.4 Å². The zero-order valence-electron chi connectivity index (χ0n) is 21.2. The molecular weight excluding hydrogens is 459 g/mol. The molecule has 3 aromatic rings. The van der Waals surface area contributed by atoms with Gasteiger partial charge in [0, 0.05) is 19.3 Å². The lowest BCUT2D eigenvalue weighted by Crippen LogP contribution is -2.19. The predicted octanol–water partition coefficient (Wildman–Crippen LogP) is 5.71. The Labute approximate surface area is 212 Å². The Balaban J connectivity index is 1.92. The first kappa shape index (κ1) is 26.9. The number of methoxy groups -OCH3 is 1. The van der Waals surface area contributed by atoms with Crippen LogP contribution in [0, 0.1) is 5.82 Å². The Bertz CT molecular complexity index is 1160. The van der Waals surface area contributed by atoms with E-state index in [1.54, 1.807) is 18.2 Å². The number of ether oxygens (including phenoxy) is 3. The molecule has 6 nitrogen and oxygen atoms in total. The van der Waals surface area contributed by atoms with Crippen LogP contribution in [0.25, 0.3) is 11.1 Å². The average Bonchev–Trinajstić information content (AvgIpc) is 2.87. The molecule has 0 bridgehead atoms. The molecular formula is C29H33FN2O4. The van der Waals surface area contributed by atoms with Gasteiger partial charge in [0.05, 0.1) is 5.57 Å². The van der Waals surface area contributed by atoms with Crippen LogP contribution in [0.5, 0.6) is 11.5 Å². The first-order valence-electron chi connectivity index (χ1n) is 11.8. The van der Waals surface area contributed by atoms with Crippen LogP contribution in [0.3, 0.4) is 0 Å². The summed E-state index contributed by atoms with van der Waals surface area (Å²) in [5.74, 6) is -0.125. The third-order valence-electron chi connectivity index (χ3n) is 5.48. The fraction of sp³-hybridized carbons (Fsp3) is 0.276. The van der Waals surface area contributed by atoms with E-state index >= 15 is 0 Å². The molecule has 0 aromatic heterocycles. The number of allylic oxidation sites excluding steroid dienone is 1. The van der Waals surface area contributed by atoms with E-state index < -0.39 is 5.82 Å². The normalized spacial score (nSPS) is 11.7. The molecule has 0 heterocycles. The van der Waals surface area contributed by atoms with E-state index in [-0.39, 0.29) is 18.4 Å². The first-order valence-corrected chi connectivity index (χ1v) is 11.8. The van der Waals surface area contributed by atoms with Gasteiger partial charge in [0.15, 0.2) is 18.4 Å². The Hall–Kier alpha value is -3.68. The number of rotatable bonds is 12. The number of hydrogen-bond acceptors (Lipinski definition) is 5. The quantitative estimate of drug-likeness (QED) is 0.199. The maximum atomic E-state index is 14.8. The van der Waals surface area contributed by atoms with Crippen molar-refractivity contribution in [1.82, 2.24) is 4.90 Å². The lowest BCUT2D eigenvalue weighted by molar-refractivity contribution is -0.111. The summed E-state index contributed by atoms with van der Waals surface area (Å²) in [5.41, 5.74) is 3.17. The highest BCUT2D eigenvalue weighted by Gasteiger charge is 2.20. The lowest BCUT2D eigenvalue weighted by Gasteiger charge is -2.17. The minimum Gasteiger partial charge on any atom is -0.492 e. The van der Waals surface area contributed by atoms with E-state index in [1.807, 2.05) is 68.4 Å². The number of anilines is 1. The van der Waals surface area contributed by atoms with Crippen LogP contribution in [0.4, 0.5) is 10.1 Å². The molecule has 0 radical (unpaired) electrons. The van der Waals surface area contributed by atoms with Crippen molar-refractivity contribution >= 4 is 22.7 Å². The van der Waals surface area contributed by atoms with Gasteiger partial charge in [0.25, 0.3) is 5.91 Å². The molecule has 3 aromatic carbocycles. The number of halogens is 1. The van der Waals surface area contributed by atoms with Crippen LogP contribution in [-0.4, -0.2) is 52.0 Å². The van der Waals surface area contributed by atoms with Gasteiger partial charge in [0.1, 0.15) is 12.4 Å². The van der Waals surface area contributed by atoms with Crippen LogP contribution < -0.4 is 14.8 Å². The molecule has 0 spiro atoms. The maximum absolute atomic E-state index is 14.8. The Morgan fingerprint density at radius 2 is 1.67 bits per heavy atom. The van der Waals surface area contributed by atoms with Gasteiger partial charge in [-0.3, -0.25) is 4.79 Å². The monoisotopic (exact) mass is 492 g/mol. The number of amides is 1. The lowest BCUT2D eigenvalue weighted by atomic mass is 9.92. The van der Waals surface area contributed by atoms with E-state index in [4.69, 9.17) is 14.2 Å². The van der Waals surface area contributed by atoms with Crippen molar-refractivity contribution in [2.75, 3.05) is 46.5 Å². The molecule has 0 fully saturated rings. The number of carbonyl (C=O) groups is 1. The van der Waals surface area contributed by atoms with Crippen molar-refractivity contribution in [2.24, 2.45) is 0 Å². The van der Waals surface area contributed by atoms with Gasteiger partial charge in [-0.1, -0.05) is 43.3 Å². The van der Waals surface area contributed by atoms with Gasteiger partial charge in [-0.25, -0.2) is 4.39 Å². The highest BCUT2D eigenvalue weighted by molar-refractivity contribution is 6.31. The Kier molecular flexibility index (Phi) is 10.0. The van der Waals surface area contributed by atoms with Gasteiger partial charge >= 0.3 is 0 Å². The van der Waals surface area contributed by atoms with Crippen molar-refractivity contribution in [3.8, 4) is 11.5 Å². The highest BCUT2D eigenvalue weighted by Crippen LogP contribution is 2.32. The molecule has 0 atom stereocenters. The summed E-state index contributed by atoms with van der Waals surface area (Å²) < 4.78 is 30.7. The van der Waals surface area contributed by atoms with Crippen molar-refractivity contribution in [3.63, 3.8) is 0 Å². The molecule has 0 saturated carbocycles. The first-order chi connectivity index (χ1) is 17.4. The number of nitrogens with zero attached hydrogens (tertiary/aromatic N) is 1. The fourth-order valence-corrected chi connectivity index (χ4v) is 3.68. The van der Waals surface area contributed by atoms with Gasteiger partial charge in [0.2, 0.25) is 0 Å². The summed E-state index contributed by atoms with van der Waals surface area (Å²) in [7, 11) is 5.44. The molecule has 0 aliphatic carbocycles. The van der Waals surface area contributed by atoms with E-state index in [1.165, 1.54) is 19.2 Å². The molecule has 0 aliphatic rings. The average molecular weight is 493 g/mol. The Morgan fingerprint density at radius 1 is 0.944 bits per heavy atom. The number of likely N-dealkylation sites (N-methyl/N-ethyl adjacent to an activating group) is 1. The largest absolute Gasteiger partial charge is 0.492 e. The molecule has 1 N–H and O–H groups in total. The minimum absolute atomic E-state index is 0.0583. The summed E-state index contributed by atoms with van der Waals surface area (Å²) in [4.78, 5) is 15.6. The standard InChI is InChI=1S/C29H33FN2O4/c1-5-25(21-9-7-6-8-10-21)28(22-11-16-27(26(30)19-22)36-20-34-4)29(33)31-23-12-14-24(15-13-23)35-18-17-32(2)3/h6-16,19H,5,17-18,20H2,1-4H3,(H,31,33)/b28-25-. The summed E-state index contributed by atoms with van der Waals surface area (Å²) in [6, 6.07) is 21.3. The van der Waals surface area contributed by atoms with E-state index in [0.29, 0.717) is 29.9 Å². The molecule has 0 saturated heterocycles. The molecule has 36 heavy (non-hydrogen) atoms. The third-order valence-corrected chi connectivity index (χ3v) is 5.48. The van der Waals surface area contributed by atoms with Crippen molar-refractivity contribution in [1.29, 1.82) is 0 Å². The van der Waals surface area contributed by atoms with Crippen LogP contribution in [0.15, 0.2) is 72.8 Å². The van der Waals surface area contributed by atoms with Gasteiger partial charge in [-0.15, -0.1) is 0 Å². The molecule has 3 rings (SSSR count). The topological polar surface area (TPSA) is 60.0 Å². The number of carbonyl (C=O) groups excluding carboxylic acids is 1. The molecule has 190 valence electrons. The van der Waals surface area contributed by atoms with Crippen LogP contribution >= 0.6 is 0 Å². The second-order valence-corrected chi connectivity index (χ2v) is 8.40. The second kappa shape index (κ2) is 13.4. The van der Waals surface area contributed by atoms with Crippen LogP contribution in [0.2, 0.25) is 0 Å². The SMILES string of the molecule is CC/C(=C(/C(=O)Nc1ccc(OCCN(C)C)cc1)c1ccc(OCOC)c(F)c1)c1ccccc1. The zero-order chi connectivity index (χ0) is 25.9. The number of benzene rings is 3. The molecule has 0 aliphatic heterocycles. The highest BCUT2D eigenvalue weighted by atomic mass is 19.1. The van der Waals surface area contributed by atoms with Crippen molar-refractivity contribution in [3.05, 3.63) is 89.7 Å². The number of nitrogens with one attached hydrogen (secondary N) is 1. The second-order valence-electron chi connectivity index (χ2n) is 8.40. The minimum atomic E-state index is -0.572. The smallest absolute Gasteiger partial charge is 0.256 e. The predicted molar refractivity (Wildman–Crippen MR) is 142 cm³/mol. The van der Waals surface area contributed by atoms with E-state index in [9.17, 15) is 9.18 Å². The van der Waals surface area contributed by atoms with Crippen molar-refractivity contribution < 1.29 is 23.4 Å². The third kappa shape index (κ3) is 7.41. The number of hydrogen-bond donors (Lipinski definition) is 1.